The number of hydrogen-bond acceptors (Lipinski definition) is 3. The summed E-state index contributed by atoms with van der Waals surface area (Å²) in [5.41, 5.74) is 1.19. The van der Waals surface area contributed by atoms with Crippen LogP contribution in [-0.4, -0.2) is 28.6 Å². The maximum absolute atomic E-state index is 12.7. The van der Waals surface area contributed by atoms with Gasteiger partial charge >= 0.3 is 0 Å². The highest BCUT2D eigenvalue weighted by molar-refractivity contribution is 6.30. The van der Waals surface area contributed by atoms with Crippen LogP contribution in [0.3, 0.4) is 0 Å². The number of piperidine rings is 1. The maximum Gasteiger partial charge on any atom is 0.276 e. The molecule has 0 bridgehead atoms. The van der Waals surface area contributed by atoms with E-state index in [1.165, 1.54) is 6.42 Å². The molecule has 0 radical (unpaired) electrons. The lowest BCUT2D eigenvalue weighted by atomic mass is 9.99. The van der Waals surface area contributed by atoms with Crippen LogP contribution in [0, 0.1) is 0 Å². The van der Waals surface area contributed by atoms with Crippen LogP contribution in [0.15, 0.2) is 34.9 Å². The van der Waals surface area contributed by atoms with Crippen LogP contribution in [-0.2, 0) is 0 Å². The number of benzene rings is 1. The van der Waals surface area contributed by atoms with Crippen LogP contribution in [0.25, 0.3) is 11.3 Å². The Morgan fingerprint density at radius 1 is 1.41 bits per heavy atom. The number of carbonyl (C=O) groups is 1. The number of nitrogens with zero attached hydrogens (tertiary/aromatic N) is 2. The molecule has 1 saturated heterocycles. The molecule has 0 spiro atoms. The minimum absolute atomic E-state index is 0.0384. The summed E-state index contributed by atoms with van der Waals surface area (Å²) in [6.45, 7) is 2.92. The molecule has 4 nitrogen and oxygen atoms in total. The largest absolute Gasteiger partial charge is 0.355 e. The van der Waals surface area contributed by atoms with E-state index in [0.717, 1.165) is 31.4 Å². The predicted molar refractivity (Wildman–Crippen MR) is 85.9 cm³/mol. The van der Waals surface area contributed by atoms with Crippen molar-refractivity contribution in [2.24, 2.45) is 0 Å². The molecule has 2 heterocycles. The van der Waals surface area contributed by atoms with Gasteiger partial charge in [0.25, 0.3) is 5.91 Å². The first kappa shape index (κ1) is 15.1. The van der Waals surface area contributed by atoms with Crippen molar-refractivity contribution in [3.8, 4) is 11.3 Å². The Hall–Kier alpha value is -1.81. The Morgan fingerprint density at radius 3 is 3.05 bits per heavy atom. The molecule has 0 saturated carbocycles. The third-order valence-electron chi connectivity index (χ3n) is 4.20. The molecule has 1 atom stereocenters. The molecule has 1 fully saturated rings. The van der Waals surface area contributed by atoms with Gasteiger partial charge in [-0.05, 0) is 37.8 Å². The van der Waals surface area contributed by atoms with Gasteiger partial charge in [-0.25, -0.2) is 0 Å². The van der Waals surface area contributed by atoms with Gasteiger partial charge < -0.3 is 9.42 Å². The van der Waals surface area contributed by atoms with Gasteiger partial charge in [0.2, 0.25) is 0 Å². The van der Waals surface area contributed by atoms with Crippen LogP contribution in [0.2, 0.25) is 5.02 Å². The third-order valence-corrected chi connectivity index (χ3v) is 4.43. The molecule has 1 aliphatic heterocycles. The van der Waals surface area contributed by atoms with Crippen molar-refractivity contribution in [2.45, 2.75) is 38.6 Å². The highest BCUT2D eigenvalue weighted by Gasteiger charge is 2.28. The molecule has 3 rings (SSSR count). The molecule has 1 amide bonds. The Balaban J connectivity index is 1.82. The molecule has 0 unspecified atom stereocenters. The monoisotopic (exact) mass is 318 g/mol. The molecule has 116 valence electrons. The zero-order valence-corrected chi connectivity index (χ0v) is 13.3. The average Bonchev–Trinajstić information content (AvgIpc) is 3.04. The molecular formula is C17H19ClN2O2. The van der Waals surface area contributed by atoms with Crippen LogP contribution in [0.4, 0.5) is 0 Å². The number of hydrogen-bond donors (Lipinski definition) is 0. The first-order valence-electron chi connectivity index (χ1n) is 7.72. The van der Waals surface area contributed by atoms with E-state index in [2.05, 4.69) is 12.1 Å². The van der Waals surface area contributed by atoms with E-state index in [4.69, 9.17) is 16.1 Å². The van der Waals surface area contributed by atoms with Gasteiger partial charge in [0.1, 0.15) is 0 Å². The fourth-order valence-electron chi connectivity index (χ4n) is 2.99. The van der Waals surface area contributed by atoms with E-state index in [9.17, 15) is 4.79 Å². The van der Waals surface area contributed by atoms with Crippen molar-refractivity contribution in [3.63, 3.8) is 0 Å². The number of halogens is 1. The second-order valence-electron chi connectivity index (χ2n) is 5.64. The van der Waals surface area contributed by atoms with E-state index in [0.29, 0.717) is 22.5 Å². The number of rotatable bonds is 3. The van der Waals surface area contributed by atoms with Gasteiger partial charge in [-0.15, -0.1) is 0 Å². The number of carbonyl (C=O) groups excluding carboxylic acids is 1. The fourth-order valence-corrected chi connectivity index (χ4v) is 3.18. The lowest BCUT2D eigenvalue weighted by Crippen LogP contribution is -2.43. The molecule has 5 heteroatoms. The van der Waals surface area contributed by atoms with Gasteiger partial charge in [-0.2, -0.15) is 0 Å². The summed E-state index contributed by atoms with van der Waals surface area (Å²) >= 11 is 5.99. The minimum Gasteiger partial charge on any atom is -0.355 e. The lowest BCUT2D eigenvalue weighted by Gasteiger charge is -2.34. The minimum atomic E-state index is -0.0384. The van der Waals surface area contributed by atoms with Gasteiger partial charge in [0.15, 0.2) is 11.5 Å². The van der Waals surface area contributed by atoms with Crippen LogP contribution in [0.5, 0.6) is 0 Å². The summed E-state index contributed by atoms with van der Waals surface area (Å²) in [4.78, 5) is 14.6. The van der Waals surface area contributed by atoms with E-state index < -0.39 is 0 Å². The SMILES string of the molecule is CC[C@@H]1CCCCN1C(=O)c1cc(-c2cccc(Cl)c2)on1. The van der Waals surface area contributed by atoms with Gasteiger partial charge in [0.05, 0.1) is 0 Å². The number of likely N-dealkylation sites (tertiary alicyclic amines) is 1. The zero-order valence-electron chi connectivity index (χ0n) is 12.6. The summed E-state index contributed by atoms with van der Waals surface area (Å²) in [5.74, 6) is 0.527. The highest BCUT2D eigenvalue weighted by Crippen LogP contribution is 2.26. The highest BCUT2D eigenvalue weighted by atomic mass is 35.5. The van der Waals surface area contributed by atoms with Crippen LogP contribution >= 0.6 is 11.6 Å². The number of amides is 1. The summed E-state index contributed by atoms with van der Waals surface area (Å²) < 4.78 is 5.33. The van der Waals surface area contributed by atoms with Crippen molar-refractivity contribution in [3.05, 3.63) is 41.0 Å². The van der Waals surface area contributed by atoms with E-state index in [-0.39, 0.29) is 5.91 Å². The summed E-state index contributed by atoms with van der Waals surface area (Å²) in [6.07, 6.45) is 4.29. The second-order valence-corrected chi connectivity index (χ2v) is 6.08. The Bertz CT molecular complexity index is 668. The first-order chi connectivity index (χ1) is 10.7. The molecule has 1 aromatic heterocycles. The van der Waals surface area contributed by atoms with Crippen molar-refractivity contribution in [1.82, 2.24) is 10.1 Å². The Kier molecular flexibility index (Phi) is 4.48. The van der Waals surface area contributed by atoms with E-state index in [1.54, 1.807) is 18.2 Å². The van der Waals surface area contributed by atoms with Crippen molar-refractivity contribution in [2.75, 3.05) is 6.54 Å². The van der Waals surface area contributed by atoms with Crippen LogP contribution in [0.1, 0.15) is 43.1 Å². The Morgan fingerprint density at radius 2 is 2.27 bits per heavy atom. The normalized spacial score (nSPS) is 18.5. The topological polar surface area (TPSA) is 46.3 Å². The molecule has 1 aliphatic rings. The lowest BCUT2D eigenvalue weighted by molar-refractivity contribution is 0.0597. The van der Waals surface area contributed by atoms with E-state index in [1.807, 2.05) is 17.0 Å². The van der Waals surface area contributed by atoms with Crippen molar-refractivity contribution < 1.29 is 9.32 Å². The van der Waals surface area contributed by atoms with Crippen molar-refractivity contribution >= 4 is 17.5 Å². The summed E-state index contributed by atoms with van der Waals surface area (Å²) in [6, 6.07) is 9.34. The molecule has 22 heavy (non-hydrogen) atoms. The average molecular weight is 319 g/mol. The van der Waals surface area contributed by atoms with E-state index >= 15 is 0 Å². The Labute approximate surface area is 135 Å². The fraction of sp³-hybridized carbons (Fsp3) is 0.412. The summed E-state index contributed by atoms with van der Waals surface area (Å²) in [5, 5.41) is 4.59. The molecule has 2 aromatic rings. The van der Waals surface area contributed by atoms with Crippen molar-refractivity contribution in [1.29, 1.82) is 0 Å². The molecule has 0 N–H and O–H groups in total. The summed E-state index contributed by atoms with van der Waals surface area (Å²) in [7, 11) is 0. The standard InChI is InChI=1S/C17H19ClN2O2/c1-2-14-8-3-4-9-20(14)17(21)15-11-16(22-19-15)12-6-5-7-13(18)10-12/h5-7,10-11,14H,2-4,8-9H2,1H3/t14-/m1/s1. The smallest absolute Gasteiger partial charge is 0.276 e. The quantitative estimate of drug-likeness (QED) is 0.842. The van der Waals surface area contributed by atoms with Gasteiger partial charge in [-0.1, -0.05) is 35.8 Å². The predicted octanol–water partition coefficient (Wildman–Crippen LogP) is 4.40. The maximum atomic E-state index is 12.7. The van der Waals surface area contributed by atoms with Gasteiger partial charge in [-0.3, -0.25) is 4.79 Å². The molecule has 1 aromatic carbocycles. The first-order valence-corrected chi connectivity index (χ1v) is 8.10. The molecular weight excluding hydrogens is 300 g/mol. The zero-order chi connectivity index (χ0) is 15.5. The second kappa shape index (κ2) is 6.53. The van der Waals surface area contributed by atoms with Crippen LogP contribution < -0.4 is 0 Å². The molecule has 0 aliphatic carbocycles. The third kappa shape index (κ3) is 3.02. The number of aromatic nitrogens is 1. The van der Waals surface area contributed by atoms with Gasteiger partial charge in [0, 0.05) is 29.2 Å².